The molecule has 1 aromatic rings. The van der Waals surface area contributed by atoms with Crippen LogP contribution in [0.2, 0.25) is 0 Å². The molecule has 0 bridgehead atoms. The number of nitrogens with zero attached hydrogens (tertiary/aromatic N) is 1. The minimum Gasteiger partial charge on any atom is -0.496 e. The predicted molar refractivity (Wildman–Crippen MR) is 82.7 cm³/mol. The molecule has 0 aromatic heterocycles. The molecule has 3 heteroatoms. The van der Waals surface area contributed by atoms with Crippen molar-refractivity contribution < 1.29 is 9.84 Å². The van der Waals surface area contributed by atoms with Gasteiger partial charge in [0.1, 0.15) is 5.75 Å². The lowest BCUT2D eigenvalue weighted by Gasteiger charge is -2.34. The number of rotatable bonds is 5. The van der Waals surface area contributed by atoms with Gasteiger partial charge in [0.2, 0.25) is 0 Å². The molecule has 0 fully saturated rings. The van der Waals surface area contributed by atoms with Crippen molar-refractivity contribution in [2.45, 2.75) is 52.7 Å². The smallest absolute Gasteiger partial charge is 0.125 e. The van der Waals surface area contributed by atoms with Gasteiger partial charge in [0.15, 0.2) is 0 Å². The summed E-state index contributed by atoms with van der Waals surface area (Å²) in [6, 6.07) is 4.36. The Morgan fingerprint density at radius 2 is 2.15 bits per heavy atom. The Bertz CT molecular complexity index is 506. The number of methoxy groups -OCH3 is 1. The normalized spacial score (nSPS) is 17.9. The van der Waals surface area contributed by atoms with Crippen molar-refractivity contribution in [1.82, 2.24) is 0 Å². The van der Waals surface area contributed by atoms with Gasteiger partial charge in [-0.1, -0.05) is 27.2 Å². The average Bonchev–Trinajstić information content (AvgIpc) is 2.45. The summed E-state index contributed by atoms with van der Waals surface area (Å²) >= 11 is 0. The molecule has 3 nitrogen and oxygen atoms in total. The van der Waals surface area contributed by atoms with Crippen LogP contribution in [-0.4, -0.2) is 24.5 Å². The van der Waals surface area contributed by atoms with Crippen molar-refractivity contribution in [3.8, 4) is 5.75 Å². The third kappa shape index (κ3) is 2.88. The van der Waals surface area contributed by atoms with Crippen molar-refractivity contribution >= 4 is 6.21 Å². The molecule has 110 valence electrons. The summed E-state index contributed by atoms with van der Waals surface area (Å²) in [7, 11) is 1.63. The van der Waals surface area contributed by atoms with Gasteiger partial charge in [-0.25, -0.2) is 0 Å². The van der Waals surface area contributed by atoms with Crippen molar-refractivity contribution in [2.24, 2.45) is 10.4 Å². The van der Waals surface area contributed by atoms with E-state index in [4.69, 9.17) is 9.73 Å². The Labute approximate surface area is 121 Å². The van der Waals surface area contributed by atoms with E-state index in [0.717, 1.165) is 23.3 Å². The molecule has 1 heterocycles. The summed E-state index contributed by atoms with van der Waals surface area (Å²) < 4.78 is 5.31. The fraction of sp³-hybridized carbons (Fsp3) is 0.588. The van der Waals surface area contributed by atoms with E-state index in [1.165, 1.54) is 18.4 Å². The quantitative estimate of drug-likeness (QED) is 0.895. The Balaban J connectivity index is 2.31. The first-order valence-electron chi connectivity index (χ1n) is 7.35. The lowest BCUT2D eigenvalue weighted by molar-refractivity contribution is 0.258. The number of ether oxygens (including phenoxy) is 1. The van der Waals surface area contributed by atoms with Crippen molar-refractivity contribution in [3.63, 3.8) is 0 Å². The molecule has 1 N–H and O–H groups in total. The third-order valence-electron chi connectivity index (χ3n) is 4.32. The van der Waals surface area contributed by atoms with Gasteiger partial charge in [0.05, 0.1) is 19.8 Å². The summed E-state index contributed by atoms with van der Waals surface area (Å²) in [5, 5.41) is 9.45. The van der Waals surface area contributed by atoms with Gasteiger partial charge in [0.25, 0.3) is 0 Å². The summed E-state index contributed by atoms with van der Waals surface area (Å²) in [5.74, 6) is 0.740. The van der Waals surface area contributed by atoms with Crippen LogP contribution in [0.3, 0.4) is 0 Å². The first kappa shape index (κ1) is 15.0. The highest BCUT2D eigenvalue weighted by Crippen LogP contribution is 2.35. The molecule has 0 spiro atoms. The van der Waals surface area contributed by atoms with E-state index >= 15 is 0 Å². The topological polar surface area (TPSA) is 41.8 Å². The maximum Gasteiger partial charge on any atom is 0.125 e. The molecular weight excluding hydrogens is 250 g/mol. The number of aliphatic imine (C=N–C) groups is 1. The van der Waals surface area contributed by atoms with Crippen LogP contribution >= 0.6 is 0 Å². The van der Waals surface area contributed by atoms with Gasteiger partial charge in [-0.05, 0) is 41.5 Å². The fourth-order valence-electron chi connectivity index (χ4n) is 3.02. The summed E-state index contributed by atoms with van der Waals surface area (Å²) in [6.45, 7) is 6.81. The van der Waals surface area contributed by atoms with Gasteiger partial charge in [0, 0.05) is 11.8 Å². The number of aliphatic hydroxyl groups is 1. The van der Waals surface area contributed by atoms with Crippen LogP contribution < -0.4 is 4.74 Å². The Morgan fingerprint density at radius 3 is 2.75 bits per heavy atom. The highest BCUT2D eigenvalue weighted by atomic mass is 16.5. The van der Waals surface area contributed by atoms with Crippen LogP contribution in [0.25, 0.3) is 0 Å². The van der Waals surface area contributed by atoms with E-state index in [1.54, 1.807) is 7.11 Å². The van der Waals surface area contributed by atoms with Gasteiger partial charge in [-0.3, -0.25) is 4.99 Å². The largest absolute Gasteiger partial charge is 0.496 e. The minimum atomic E-state index is 0.0105. The van der Waals surface area contributed by atoms with E-state index in [9.17, 15) is 5.11 Å². The Morgan fingerprint density at radius 1 is 1.40 bits per heavy atom. The molecule has 0 aliphatic carbocycles. The molecule has 1 atom stereocenters. The molecule has 1 aromatic carbocycles. The number of aliphatic hydroxyl groups excluding tert-OH is 1. The zero-order valence-corrected chi connectivity index (χ0v) is 12.9. The molecule has 0 amide bonds. The monoisotopic (exact) mass is 275 g/mol. The van der Waals surface area contributed by atoms with Crippen LogP contribution in [-0.2, 0) is 13.0 Å². The molecule has 1 unspecified atom stereocenters. The second-order valence-electron chi connectivity index (χ2n) is 6.26. The highest BCUT2D eigenvalue weighted by molar-refractivity contribution is 5.84. The van der Waals surface area contributed by atoms with E-state index < -0.39 is 0 Å². The van der Waals surface area contributed by atoms with Crippen molar-refractivity contribution in [2.75, 3.05) is 7.11 Å². The molecule has 1 aliphatic rings. The molecular formula is C17H25NO2. The van der Waals surface area contributed by atoms with Gasteiger partial charge < -0.3 is 9.84 Å². The predicted octanol–water partition coefficient (Wildman–Crippen LogP) is 3.36. The lowest BCUT2D eigenvalue weighted by atomic mass is 9.76. The third-order valence-corrected chi connectivity index (χ3v) is 4.32. The zero-order valence-electron chi connectivity index (χ0n) is 12.9. The number of benzene rings is 1. The fourth-order valence-corrected chi connectivity index (χ4v) is 3.02. The van der Waals surface area contributed by atoms with Crippen LogP contribution in [0, 0.1) is 5.41 Å². The molecule has 2 rings (SSSR count). The van der Waals surface area contributed by atoms with Gasteiger partial charge in [-0.2, -0.15) is 0 Å². The second kappa shape index (κ2) is 5.96. The molecule has 0 radical (unpaired) electrons. The second-order valence-corrected chi connectivity index (χ2v) is 6.26. The average molecular weight is 275 g/mol. The highest BCUT2D eigenvalue weighted by Gasteiger charge is 2.30. The number of hydrogen-bond donors (Lipinski definition) is 1. The molecule has 0 saturated heterocycles. The number of fused-ring (bicyclic) bond motifs is 1. The van der Waals surface area contributed by atoms with Crippen LogP contribution in [0.15, 0.2) is 17.1 Å². The van der Waals surface area contributed by atoms with E-state index in [0.29, 0.717) is 6.04 Å². The maximum absolute atomic E-state index is 9.45. The summed E-state index contributed by atoms with van der Waals surface area (Å²) in [6.07, 6.45) is 5.25. The van der Waals surface area contributed by atoms with E-state index in [1.807, 2.05) is 12.3 Å². The van der Waals surface area contributed by atoms with Gasteiger partial charge in [-0.15, -0.1) is 0 Å². The van der Waals surface area contributed by atoms with Crippen LogP contribution in [0.5, 0.6) is 5.75 Å². The van der Waals surface area contributed by atoms with E-state index in [2.05, 4.69) is 26.8 Å². The Kier molecular flexibility index (Phi) is 4.48. The van der Waals surface area contributed by atoms with Crippen molar-refractivity contribution in [3.05, 3.63) is 28.8 Å². The maximum atomic E-state index is 9.45. The zero-order chi connectivity index (χ0) is 14.8. The molecule has 20 heavy (non-hydrogen) atoms. The SMILES string of the molecule is CCCC(C)(C)C1Cc2cc(CO)c(OC)cc2C=N1. The van der Waals surface area contributed by atoms with E-state index in [-0.39, 0.29) is 12.0 Å². The first-order valence-corrected chi connectivity index (χ1v) is 7.35. The first-order chi connectivity index (χ1) is 9.51. The molecule has 1 aliphatic heterocycles. The summed E-state index contributed by atoms with van der Waals surface area (Å²) in [4.78, 5) is 4.75. The summed E-state index contributed by atoms with van der Waals surface area (Å²) in [5.41, 5.74) is 3.44. The van der Waals surface area contributed by atoms with Crippen LogP contribution in [0.4, 0.5) is 0 Å². The van der Waals surface area contributed by atoms with Crippen molar-refractivity contribution in [1.29, 1.82) is 0 Å². The van der Waals surface area contributed by atoms with Gasteiger partial charge >= 0.3 is 0 Å². The molecule has 0 saturated carbocycles. The standard InChI is InChI=1S/C17H25NO2/c1-5-6-17(2,3)16-9-12-7-14(11-19)15(20-4)8-13(12)10-18-16/h7-8,10,16,19H,5-6,9,11H2,1-4H3. The lowest BCUT2D eigenvalue weighted by Crippen LogP contribution is -2.32. The minimum absolute atomic E-state index is 0.0105. The number of hydrogen-bond acceptors (Lipinski definition) is 3. The Hall–Kier alpha value is -1.35. The van der Waals surface area contributed by atoms with Crippen LogP contribution in [0.1, 0.15) is 50.3 Å².